The van der Waals surface area contributed by atoms with Crippen LogP contribution in [0.15, 0.2) is 4.90 Å². The second-order valence-corrected chi connectivity index (χ2v) is 6.55. The number of rotatable bonds is 6. The molecular weight excluding hydrogens is 284 g/mol. The zero-order chi connectivity index (χ0) is 14.8. The summed E-state index contributed by atoms with van der Waals surface area (Å²) in [6.45, 7) is 2.79. The Kier molecular flexibility index (Phi) is 4.45. The number of aromatic amines is 1. The molecule has 20 heavy (non-hydrogen) atoms. The molecule has 0 aliphatic carbocycles. The van der Waals surface area contributed by atoms with Gasteiger partial charge < -0.3 is 15.2 Å². The first-order valence-corrected chi connectivity index (χ1v) is 7.79. The summed E-state index contributed by atoms with van der Waals surface area (Å²) in [5.41, 5.74) is 5.70. The van der Waals surface area contributed by atoms with Crippen LogP contribution in [0.3, 0.4) is 0 Å². The Morgan fingerprint density at radius 3 is 2.90 bits per heavy atom. The van der Waals surface area contributed by atoms with Crippen LogP contribution in [0.25, 0.3) is 0 Å². The van der Waals surface area contributed by atoms with Gasteiger partial charge in [-0.1, -0.05) is 0 Å². The molecule has 8 nitrogen and oxygen atoms in total. The Morgan fingerprint density at radius 1 is 1.60 bits per heavy atom. The van der Waals surface area contributed by atoms with Crippen LogP contribution in [-0.4, -0.2) is 51.1 Å². The number of H-pyrrole nitrogens is 1. The van der Waals surface area contributed by atoms with Crippen molar-refractivity contribution in [2.45, 2.75) is 30.4 Å². The van der Waals surface area contributed by atoms with E-state index in [1.165, 1.54) is 0 Å². The van der Waals surface area contributed by atoms with Crippen molar-refractivity contribution >= 4 is 10.0 Å². The van der Waals surface area contributed by atoms with E-state index in [2.05, 4.69) is 14.9 Å². The Labute approximate surface area is 118 Å². The largest absolute Gasteiger partial charge is 0.378 e. The monoisotopic (exact) mass is 304 g/mol. The summed E-state index contributed by atoms with van der Waals surface area (Å²) in [6.07, 6.45) is 0.653. The predicted octanol–water partition coefficient (Wildman–Crippen LogP) is -0.739. The molecule has 0 bridgehead atoms. The normalized spacial score (nSPS) is 23.4. The molecule has 4 N–H and O–H groups in total. The number of nitrogens with zero attached hydrogens (tertiary/aromatic N) is 1. The molecule has 114 valence electrons. The van der Waals surface area contributed by atoms with Crippen molar-refractivity contribution in [3.8, 4) is 0 Å². The topological polar surface area (TPSA) is 119 Å². The number of ether oxygens (including phenoxy) is 2. The second-order valence-electron chi connectivity index (χ2n) is 4.84. The molecule has 0 amide bonds. The fourth-order valence-electron chi connectivity index (χ4n) is 2.22. The minimum atomic E-state index is -3.69. The van der Waals surface area contributed by atoms with Gasteiger partial charge in [-0.3, -0.25) is 5.10 Å². The zero-order valence-corrected chi connectivity index (χ0v) is 12.4. The Balaban J connectivity index is 2.17. The van der Waals surface area contributed by atoms with Gasteiger partial charge in [0.25, 0.3) is 0 Å². The highest BCUT2D eigenvalue weighted by Crippen LogP contribution is 2.23. The molecule has 1 aromatic heterocycles. The molecule has 2 rings (SSSR count). The van der Waals surface area contributed by atoms with Crippen molar-refractivity contribution in [1.82, 2.24) is 14.9 Å². The summed E-state index contributed by atoms with van der Waals surface area (Å²) < 4.78 is 38.0. The number of nitrogens with one attached hydrogen (secondary N) is 2. The molecule has 1 aromatic rings. The van der Waals surface area contributed by atoms with E-state index in [0.29, 0.717) is 31.0 Å². The van der Waals surface area contributed by atoms with Crippen molar-refractivity contribution in [2.75, 3.05) is 26.9 Å². The second kappa shape index (κ2) is 5.78. The van der Waals surface area contributed by atoms with Crippen molar-refractivity contribution in [3.63, 3.8) is 0 Å². The van der Waals surface area contributed by atoms with Crippen molar-refractivity contribution < 1.29 is 17.9 Å². The van der Waals surface area contributed by atoms with E-state index in [0.717, 1.165) is 0 Å². The van der Waals surface area contributed by atoms with E-state index in [4.69, 9.17) is 15.2 Å². The van der Waals surface area contributed by atoms with Crippen LogP contribution < -0.4 is 10.5 Å². The minimum Gasteiger partial charge on any atom is -0.378 e. The maximum absolute atomic E-state index is 12.4. The zero-order valence-electron chi connectivity index (χ0n) is 11.6. The van der Waals surface area contributed by atoms with E-state index < -0.39 is 15.6 Å². The lowest BCUT2D eigenvalue weighted by molar-refractivity contribution is -0.0120. The molecule has 1 unspecified atom stereocenters. The van der Waals surface area contributed by atoms with Gasteiger partial charge in [0.2, 0.25) is 10.0 Å². The van der Waals surface area contributed by atoms with E-state index in [9.17, 15) is 8.42 Å². The number of aryl methyl sites for hydroxylation is 1. The Bertz CT molecular complexity index is 563. The lowest BCUT2D eigenvalue weighted by Crippen LogP contribution is -2.45. The van der Waals surface area contributed by atoms with Crippen LogP contribution in [0.2, 0.25) is 0 Å². The van der Waals surface area contributed by atoms with Gasteiger partial charge in [0, 0.05) is 33.2 Å². The molecule has 1 aliphatic heterocycles. The predicted molar refractivity (Wildman–Crippen MR) is 71.6 cm³/mol. The number of methoxy groups -OCH3 is 1. The fraction of sp³-hybridized carbons (Fsp3) is 0.727. The summed E-state index contributed by atoms with van der Waals surface area (Å²) in [4.78, 5) is 0.116. The van der Waals surface area contributed by atoms with Gasteiger partial charge in [-0.05, 0) is 6.92 Å². The lowest BCUT2D eigenvalue weighted by Gasteiger charge is -2.25. The standard InChI is InChI=1S/C11H20N4O4S/c1-8-10(9(5-12)15-14-8)20(16,17)13-6-11(18-2)3-4-19-7-11/h13H,3-7,12H2,1-2H3,(H,14,15). The molecular formula is C11H20N4O4S. The molecule has 1 aliphatic rings. The highest BCUT2D eigenvalue weighted by molar-refractivity contribution is 7.89. The molecule has 1 atom stereocenters. The Morgan fingerprint density at radius 2 is 2.35 bits per heavy atom. The summed E-state index contributed by atoms with van der Waals surface area (Å²) in [5.74, 6) is 0. The van der Waals surface area contributed by atoms with Gasteiger partial charge >= 0.3 is 0 Å². The maximum Gasteiger partial charge on any atom is 0.244 e. The summed E-state index contributed by atoms with van der Waals surface area (Å²) in [7, 11) is -2.13. The molecule has 1 saturated heterocycles. The van der Waals surface area contributed by atoms with Gasteiger partial charge in [0.1, 0.15) is 10.5 Å². The van der Waals surface area contributed by atoms with Crippen LogP contribution in [-0.2, 0) is 26.0 Å². The summed E-state index contributed by atoms with van der Waals surface area (Å²) >= 11 is 0. The summed E-state index contributed by atoms with van der Waals surface area (Å²) in [6, 6.07) is 0. The number of aromatic nitrogens is 2. The third-order valence-corrected chi connectivity index (χ3v) is 5.11. The Hall–Kier alpha value is -1.00. The number of hydrogen-bond acceptors (Lipinski definition) is 6. The van der Waals surface area contributed by atoms with Crippen LogP contribution >= 0.6 is 0 Å². The third kappa shape index (κ3) is 2.86. The van der Waals surface area contributed by atoms with Crippen LogP contribution in [0.1, 0.15) is 17.8 Å². The molecule has 2 heterocycles. The molecule has 0 spiro atoms. The average Bonchev–Trinajstić information content (AvgIpc) is 3.04. The maximum atomic E-state index is 12.4. The fourth-order valence-corrected chi connectivity index (χ4v) is 3.71. The van der Waals surface area contributed by atoms with E-state index in [1.807, 2.05) is 0 Å². The molecule has 9 heteroatoms. The minimum absolute atomic E-state index is 0.0547. The van der Waals surface area contributed by atoms with E-state index in [-0.39, 0.29) is 18.0 Å². The first-order valence-electron chi connectivity index (χ1n) is 6.30. The average molecular weight is 304 g/mol. The highest BCUT2D eigenvalue weighted by atomic mass is 32.2. The van der Waals surface area contributed by atoms with Crippen molar-refractivity contribution in [1.29, 1.82) is 0 Å². The van der Waals surface area contributed by atoms with Crippen LogP contribution in [0.5, 0.6) is 0 Å². The first kappa shape index (κ1) is 15.4. The number of hydrogen-bond donors (Lipinski definition) is 3. The van der Waals surface area contributed by atoms with Gasteiger partial charge in [-0.15, -0.1) is 0 Å². The number of sulfonamides is 1. The van der Waals surface area contributed by atoms with Gasteiger partial charge in [-0.25, -0.2) is 13.1 Å². The van der Waals surface area contributed by atoms with Crippen LogP contribution in [0.4, 0.5) is 0 Å². The van der Waals surface area contributed by atoms with E-state index in [1.54, 1.807) is 14.0 Å². The molecule has 0 radical (unpaired) electrons. The molecule has 0 saturated carbocycles. The van der Waals surface area contributed by atoms with Gasteiger partial charge in [-0.2, -0.15) is 5.10 Å². The quantitative estimate of drug-likeness (QED) is 0.637. The van der Waals surface area contributed by atoms with E-state index >= 15 is 0 Å². The van der Waals surface area contributed by atoms with Gasteiger partial charge in [0.05, 0.1) is 18.0 Å². The van der Waals surface area contributed by atoms with Crippen molar-refractivity contribution in [3.05, 3.63) is 11.4 Å². The highest BCUT2D eigenvalue weighted by Gasteiger charge is 2.37. The van der Waals surface area contributed by atoms with Gasteiger partial charge in [0.15, 0.2) is 0 Å². The smallest absolute Gasteiger partial charge is 0.244 e. The summed E-state index contributed by atoms with van der Waals surface area (Å²) in [5, 5.41) is 6.53. The van der Waals surface area contributed by atoms with Crippen LogP contribution in [0, 0.1) is 6.92 Å². The number of nitrogens with two attached hydrogens (primary N) is 1. The SMILES string of the molecule is COC1(CNS(=O)(=O)c2c(CN)n[nH]c2C)CCOC1. The first-order chi connectivity index (χ1) is 9.44. The molecule has 0 aromatic carbocycles. The third-order valence-electron chi connectivity index (χ3n) is 3.51. The lowest BCUT2D eigenvalue weighted by atomic mass is 10.0. The molecule has 1 fully saturated rings. The van der Waals surface area contributed by atoms with Crippen molar-refractivity contribution in [2.24, 2.45) is 5.73 Å².